The number of anilines is 4. The minimum Gasteiger partial charge on any atom is -0.375 e. The second-order valence-corrected chi connectivity index (χ2v) is 6.47. The third-order valence-electron chi connectivity index (χ3n) is 4.04. The number of ether oxygens (including phenoxy) is 1. The number of hydrogen-bond acceptors (Lipinski definition) is 7. The minimum absolute atomic E-state index is 0.0134. The fourth-order valence-electron chi connectivity index (χ4n) is 2.87. The van der Waals surface area contributed by atoms with E-state index in [0.717, 1.165) is 0 Å². The van der Waals surface area contributed by atoms with Gasteiger partial charge < -0.3 is 20.3 Å². The lowest BCUT2D eigenvalue weighted by molar-refractivity contribution is -0.384. The van der Waals surface area contributed by atoms with E-state index in [1.807, 2.05) is 13.8 Å². The summed E-state index contributed by atoms with van der Waals surface area (Å²) >= 11 is 0. The number of hydrogen-bond donors (Lipinski definition) is 2. The molecule has 144 valence electrons. The van der Waals surface area contributed by atoms with E-state index in [-0.39, 0.29) is 24.2 Å². The molecule has 9 heteroatoms. The molecule has 2 aromatic rings. The molecule has 1 aromatic heterocycles. The molecule has 1 aromatic carbocycles. The maximum absolute atomic E-state index is 14.3. The van der Waals surface area contributed by atoms with Crippen molar-refractivity contribution in [1.29, 1.82) is 0 Å². The number of pyridine rings is 1. The lowest BCUT2D eigenvalue weighted by Gasteiger charge is -2.33. The molecule has 3 rings (SSSR count). The Hall–Kier alpha value is -2.94. The van der Waals surface area contributed by atoms with E-state index in [0.29, 0.717) is 30.3 Å². The van der Waals surface area contributed by atoms with Crippen LogP contribution in [0.4, 0.5) is 33.1 Å². The summed E-state index contributed by atoms with van der Waals surface area (Å²) in [6, 6.07) is 10.2. The van der Waals surface area contributed by atoms with Crippen LogP contribution in [-0.4, -0.2) is 42.0 Å². The summed E-state index contributed by atoms with van der Waals surface area (Å²) in [5, 5.41) is 17.5. The number of benzene rings is 1. The van der Waals surface area contributed by atoms with Crippen LogP contribution in [0.5, 0.6) is 0 Å². The van der Waals surface area contributed by atoms with Gasteiger partial charge in [0.05, 0.1) is 29.5 Å². The van der Waals surface area contributed by atoms with Gasteiger partial charge in [0.15, 0.2) is 6.30 Å². The first-order chi connectivity index (χ1) is 13.0. The minimum atomic E-state index is -1.28. The van der Waals surface area contributed by atoms with Gasteiger partial charge in [0.25, 0.3) is 0 Å². The molecule has 1 aliphatic heterocycles. The van der Waals surface area contributed by atoms with E-state index >= 15 is 0 Å². The van der Waals surface area contributed by atoms with Crippen LogP contribution >= 0.6 is 0 Å². The van der Waals surface area contributed by atoms with Crippen molar-refractivity contribution in [3.05, 3.63) is 46.5 Å². The normalized spacial score (nSPS) is 17.0. The Morgan fingerprint density at radius 1 is 1.33 bits per heavy atom. The van der Waals surface area contributed by atoms with Crippen molar-refractivity contribution in [3.8, 4) is 0 Å². The average Bonchev–Trinajstić information content (AvgIpc) is 2.62. The molecule has 0 amide bonds. The largest absolute Gasteiger partial charge is 0.375 e. The Kier molecular flexibility index (Phi) is 5.70. The molecule has 8 nitrogen and oxygen atoms in total. The highest BCUT2D eigenvalue weighted by molar-refractivity contribution is 5.78. The van der Waals surface area contributed by atoms with Crippen LogP contribution in [0.1, 0.15) is 13.8 Å². The highest BCUT2D eigenvalue weighted by atomic mass is 19.1. The molecule has 0 aliphatic carbocycles. The van der Waals surface area contributed by atoms with Crippen molar-refractivity contribution >= 4 is 28.7 Å². The smallest absolute Gasteiger partial charge is 0.311 e. The van der Waals surface area contributed by atoms with Crippen molar-refractivity contribution in [2.75, 3.05) is 35.3 Å². The zero-order valence-corrected chi connectivity index (χ0v) is 15.2. The van der Waals surface area contributed by atoms with Gasteiger partial charge in [-0.25, -0.2) is 9.37 Å². The average molecular weight is 375 g/mol. The molecule has 0 spiro atoms. The molecule has 0 bridgehead atoms. The van der Waals surface area contributed by atoms with Crippen LogP contribution in [0.2, 0.25) is 0 Å². The van der Waals surface area contributed by atoms with E-state index < -0.39 is 11.2 Å². The summed E-state index contributed by atoms with van der Waals surface area (Å²) in [6.45, 7) is 4.70. The Morgan fingerprint density at radius 3 is 2.81 bits per heavy atom. The van der Waals surface area contributed by atoms with Crippen molar-refractivity contribution < 1.29 is 14.1 Å². The molecule has 1 saturated heterocycles. The summed E-state index contributed by atoms with van der Waals surface area (Å²) < 4.78 is 19.5. The van der Waals surface area contributed by atoms with Crippen LogP contribution in [0, 0.1) is 10.1 Å². The molecule has 2 heterocycles. The molecule has 0 radical (unpaired) electrons. The standard InChI is InChI=1S/C18H22FN5O3/c1-12(2)20-17-8-7-15(24(25)26)18(22-17)21-13-5-3-4-6-14(13)23-9-10-27-11-16(23)19/h3-8,12,16H,9-11H2,1-2H3,(H2,20,21,22). The topological polar surface area (TPSA) is 92.6 Å². The van der Waals surface area contributed by atoms with Gasteiger partial charge in [-0.3, -0.25) is 10.1 Å². The molecule has 1 unspecified atom stereocenters. The quantitative estimate of drug-likeness (QED) is 0.452. The van der Waals surface area contributed by atoms with Gasteiger partial charge in [0, 0.05) is 18.7 Å². The van der Waals surface area contributed by atoms with Gasteiger partial charge in [0.1, 0.15) is 5.82 Å². The van der Waals surface area contributed by atoms with Gasteiger partial charge in [-0.15, -0.1) is 0 Å². The number of nitrogens with one attached hydrogen (secondary N) is 2. The monoisotopic (exact) mass is 375 g/mol. The van der Waals surface area contributed by atoms with E-state index in [4.69, 9.17) is 4.74 Å². The van der Waals surface area contributed by atoms with Crippen LogP contribution in [-0.2, 0) is 4.74 Å². The number of morpholine rings is 1. The van der Waals surface area contributed by atoms with Gasteiger partial charge in [-0.05, 0) is 32.0 Å². The zero-order chi connectivity index (χ0) is 19.4. The maximum atomic E-state index is 14.3. The predicted molar refractivity (Wildman–Crippen MR) is 102 cm³/mol. The number of aromatic nitrogens is 1. The van der Waals surface area contributed by atoms with Crippen LogP contribution in [0.25, 0.3) is 0 Å². The number of halogens is 1. The Morgan fingerprint density at radius 2 is 2.11 bits per heavy atom. The fraction of sp³-hybridized carbons (Fsp3) is 0.389. The summed E-state index contributed by atoms with van der Waals surface area (Å²) in [5.74, 6) is 0.618. The van der Waals surface area contributed by atoms with E-state index in [1.54, 1.807) is 35.2 Å². The van der Waals surface area contributed by atoms with Crippen LogP contribution in [0.15, 0.2) is 36.4 Å². The highest BCUT2D eigenvalue weighted by Crippen LogP contribution is 2.34. The van der Waals surface area contributed by atoms with Gasteiger partial charge in [-0.1, -0.05) is 12.1 Å². The van der Waals surface area contributed by atoms with Gasteiger partial charge in [-0.2, -0.15) is 0 Å². The summed E-state index contributed by atoms with van der Waals surface area (Å²) in [6.07, 6.45) is -1.28. The number of nitro groups is 1. The van der Waals surface area contributed by atoms with E-state index in [9.17, 15) is 14.5 Å². The third kappa shape index (κ3) is 4.43. The number of rotatable bonds is 6. The summed E-state index contributed by atoms with van der Waals surface area (Å²) in [7, 11) is 0. The molecule has 27 heavy (non-hydrogen) atoms. The van der Waals surface area contributed by atoms with Crippen LogP contribution < -0.4 is 15.5 Å². The molecule has 2 N–H and O–H groups in total. The molecule has 1 fully saturated rings. The first-order valence-corrected chi connectivity index (χ1v) is 8.72. The van der Waals surface area contributed by atoms with Crippen molar-refractivity contribution in [2.24, 2.45) is 0 Å². The van der Waals surface area contributed by atoms with Crippen molar-refractivity contribution in [3.63, 3.8) is 0 Å². The summed E-state index contributed by atoms with van der Waals surface area (Å²) in [4.78, 5) is 16.8. The number of alkyl halides is 1. The number of nitrogens with zero attached hydrogens (tertiary/aromatic N) is 3. The molecule has 1 atom stereocenters. The summed E-state index contributed by atoms with van der Waals surface area (Å²) in [5.41, 5.74) is 0.990. The molecule has 0 saturated carbocycles. The first kappa shape index (κ1) is 18.8. The first-order valence-electron chi connectivity index (χ1n) is 8.72. The SMILES string of the molecule is CC(C)Nc1ccc([N+](=O)[O-])c(Nc2ccccc2N2CCOCC2F)n1. The fourth-order valence-corrected chi connectivity index (χ4v) is 2.87. The maximum Gasteiger partial charge on any atom is 0.311 e. The highest BCUT2D eigenvalue weighted by Gasteiger charge is 2.25. The lowest BCUT2D eigenvalue weighted by atomic mass is 10.2. The van der Waals surface area contributed by atoms with Gasteiger partial charge >= 0.3 is 5.69 Å². The number of para-hydroxylation sites is 2. The Labute approximate surface area is 156 Å². The predicted octanol–water partition coefficient (Wildman–Crippen LogP) is 3.69. The van der Waals surface area contributed by atoms with Crippen molar-refractivity contribution in [2.45, 2.75) is 26.2 Å². The molecule has 1 aliphatic rings. The lowest BCUT2D eigenvalue weighted by Crippen LogP contribution is -2.43. The second-order valence-electron chi connectivity index (χ2n) is 6.47. The van der Waals surface area contributed by atoms with E-state index in [1.165, 1.54) is 6.07 Å². The third-order valence-corrected chi connectivity index (χ3v) is 4.04. The zero-order valence-electron chi connectivity index (χ0n) is 15.2. The van der Waals surface area contributed by atoms with Crippen LogP contribution in [0.3, 0.4) is 0 Å². The van der Waals surface area contributed by atoms with Crippen molar-refractivity contribution in [1.82, 2.24) is 4.98 Å². The van der Waals surface area contributed by atoms with E-state index in [2.05, 4.69) is 15.6 Å². The Balaban J connectivity index is 1.96. The van der Waals surface area contributed by atoms with Gasteiger partial charge in [0.2, 0.25) is 5.82 Å². The molecular weight excluding hydrogens is 353 g/mol. The molecular formula is C18H22FN5O3. The Bertz CT molecular complexity index is 817. The second kappa shape index (κ2) is 8.17.